The van der Waals surface area contributed by atoms with E-state index in [1.165, 1.54) is 0 Å². The lowest BCUT2D eigenvalue weighted by atomic mass is 9.72. The molecule has 3 heterocycles. The van der Waals surface area contributed by atoms with Gasteiger partial charge in [0.15, 0.2) is 0 Å². The lowest BCUT2D eigenvalue weighted by molar-refractivity contribution is 0.0849. The van der Waals surface area contributed by atoms with E-state index in [9.17, 15) is 13.5 Å². The third kappa shape index (κ3) is 2.45. The summed E-state index contributed by atoms with van der Waals surface area (Å²) in [4.78, 5) is 0.340. The Morgan fingerprint density at radius 1 is 1.35 bits per heavy atom. The second kappa shape index (κ2) is 6.18. The van der Waals surface area contributed by atoms with E-state index < -0.39 is 10.0 Å². The normalized spacial score (nSPS) is 28.7. The topological polar surface area (TPSA) is 75.4 Å². The fraction of sp³-hybridized carbons (Fsp3) is 0.526. The smallest absolute Gasteiger partial charge is 0.243 e. The van der Waals surface area contributed by atoms with Crippen LogP contribution in [-0.2, 0) is 10.0 Å². The number of rotatable bonds is 5. The van der Waals surface area contributed by atoms with Gasteiger partial charge in [-0.05, 0) is 56.4 Å². The van der Waals surface area contributed by atoms with Crippen LogP contribution in [0, 0.1) is 12.3 Å². The van der Waals surface area contributed by atoms with Gasteiger partial charge in [-0.15, -0.1) is 0 Å². The van der Waals surface area contributed by atoms with Gasteiger partial charge in [-0.3, -0.25) is 0 Å². The Morgan fingerprint density at radius 2 is 2.15 bits per heavy atom. The summed E-state index contributed by atoms with van der Waals surface area (Å²) in [5.74, 6) is 0. The maximum Gasteiger partial charge on any atom is 0.243 e. The van der Waals surface area contributed by atoms with Gasteiger partial charge >= 0.3 is 0 Å². The van der Waals surface area contributed by atoms with Crippen LogP contribution >= 0.6 is 0 Å². The van der Waals surface area contributed by atoms with Crippen molar-refractivity contribution in [3.8, 4) is 5.69 Å². The zero-order valence-electron chi connectivity index (χ0n) is 15.2. The number of aryl methyl sites for hydroxylation is 1. The molecule has 2 aromatic rings. The zero-order valence-corrected chi connectivity index (χ0v) is 16.0. The van der Waals surface area contributed by atoms with Gasteiger partial charge in [-0.25, -0.2) is 13.1 Å². The van der Waals surface area contributed by atoms with E-state index >= 15 is 0 Å². The largest absolute Gasteiger partial charge is 0.396 e. The van der Waals surface area contributed by atoms with Crippen LogP contribution in [0.1, 0.15) is 38.2 Å². The number of aromatic nitrogens is 2. The fourth-order valence-corrected chi connectivity index (χ4v) is 7.01. The van der Waals surface area contributed by atoms with Crippen molar-refractivity contribution in [1.82, 2.24) is 14.1 Å². The van der Waals surface area contributed by atoms with E-state index in [0.29, 0.717) is 4.90 Å². The van der Waals surface area contributed by atoms with Crippen LogP contribution in [0.25, 0.3) is 5.69 Å². The van der Waals surface area contributed by atoms with E-state index in [4.69, 9.17) is 0 Å². The van der Waals surface area contributed by atoms with Gasteiger partial charge in [-0.1, -0.05) is 13.0 Å². The quantitative estimate of drug-likeness (QED) is 0.871. The summed E-state index contributed by atoms with van der Waals surface area (Å²) in [6.07, 6.45) is 6.73. The number of nitrogens with zero attached hydrogens (tertiary/aromatic N) is 3. The van der Waals surface area contributed by atoms with Crippen molar-refractivity contribution in [2.24, 2.45) is 5.41 Å². The van der Waals surface area contributed by atoms with Crippen LogP contribution < -0.4 is 0 Å². The molecule has 2 aliphatic rings. The molecule has 6 nitrogen and oxygen atoms in total. The molecule has 2 aliphatic heterocycles. The van der Waals surface area contributed by atoms with Gasteiger partial charge < -0.3 is 5.11 Å². The van der Waals surface area contributed by atoms with Crippen LogP contribution in [0.4, 0.5) is 0 Å². The minimum Gasteiger partial charge on any atom is -0.396 e. The van der Waals surface area contributed by atoms with Crippen molar-refractivity contribution in [2.75, 3.05) is 6.61 Å². The van der Waals surface area contributed by atoms with Crippen molar-refractivity contribution in [3.63, 3.8) is 0 Å². The highest BCUT2D eigenvalue weighted by Gasteiger charge is 2.58. The first-order chi connectivity index (χ1) is 12.4. The first kappa shape index (κ1) is 17.7. The first-order valence-corrected chi connectivity index (χ1v) is 10.6. The fourth-order valence-electron chi connectivity index (χ4n) is 4.80. The van der Waals surface area contributed by atoms with E-state index in [1.807, 2.05) is 32.0 Å². The van der Waals surface area contributed by atoms with Gasteiger partial charge in [-0.2, -0.15) is 9.40 Å². The van der Waals surface area contributed by atoms with Crippen molar-refractivity contribution in [2.45, 2.75) is 56.5 Å². The molecule has 0 spiro atoms. The van der Waals surface area contributed by atoms with E-state index in [0.717, 1.165) is 36.9 Å². The summed E-state index contributed by atoms with van der Waals surface area (Å²) in [6.45, 7) is 3.92. The third-order valence-corrected chi connectivity index (χ3v) is 8.41. The van der Waals surface area contributed by atoms with Gasteiger partial charge in [0, 0.05) is 29.9 Å². The van der Waals surface area contributed by atoms with Gasteiger partial charge in [0.05, 0.1) is 17.2 Å². The number of hydrogen-bond donors (Lipinski definition) is 1. The molecule has 0 aliphatic carbocycles. The Morgan fingerprint density at radius 3 is 2.77 bits per heavy atom. The molecule has 140 valence electrons. The van der Waals surface area contributed by atoms with Crippen molar-refractivity contribution in [1.29, 1.82) is 0 Å². The molecule has 0 radical (unpaired) electrons. The predicted octanol–water partition coefficient (Wildman–Crippen LogP) is 2.49. The molecule has 26 heavy (non-hydrogen) atoms. The summed E-state index contributed by atoms with van der Waals surface area (Å²) >= 11 is 0. The number of fused-ring (bicyclic) bond motifs is 2. The molecular formula is C19H25N3O3S. The van der Waals surface area contributed by atoms with E-state index in [2.05, 4.69) is 5.10 Å². The molecule has 3 atom stereocenters. The lowest BCUT2D eigenvalue weighted by Crippen LogP contribution is -2.42. The molecule has 1 aromatic heterocycles. The first-order valence-electron chi connectivity index (χ1n) is 9.18. The second-order valence-electron chi connectivity index (χ2n) is 7.56. The molecule has 0 amide bonds. The highest BCUT2D eigenvalue weighted by Crippen LogP contribution is 2.53. The Kier molecular flexibility index (Phi) is 4.21. The van der Waals surface area contributed by atoms with Crippen molar-refractivity contribution >= 4 is 10.0 Å². The monoisotopic (exact) mass is 375 g/mol. The zero-order chi connectivity index (χ0) is 18.5. The van der Waals surface area contributed by atoms with Gasteiger partial charge in [0.1, 0.15) is 0 Å². The summed E-state index contributed by atoms with van der Waals surface area (Å²) in [5, 5.41) is 14.2. The Hall–Kier alpha value is -1.70. The Labute approximate surface area is 154 Å². The molecule has 0 saturated carbocycles. The highest BCUT2D eigenvalue weighted by atomic mass is 32.2. The number of hydrogen-bond acceptors (Lipinski definition) is 4. The predicted molar refractivity (Wildman–Crippen MR) is 98.6 cm³/mol. The van der Waals surface area contributed by atoms with Crippen LogP contribution in [0.2, 0.25) is 0 Å². The number of aliphatic hydroxyl groups excluding tert-OH is 1. The van der Waals surface area contributed by atoms with Crippen LogP contribution in [0.15, 0.2) is 41.6 Å². The molecule has 2 saturated heterocycles. The molecule has 4 rings (SSSR count). The average Bonchev–Trinajstić information content (AvgIpc) is 3.37. The van der Waals surface area contributed by atoms with Crippen LogP contribution in [-0.4, -0.2) is 46.3 Å². The minimum atomic E-state index is -3.63. The maximum absolute atomic E-state index is 13.6. The van der Waals surface area contributed by atoms with E-state index in [-0.39, 0.29) is 24.1 Å². The van der Waals surface area contributed by atoms with Crippen molar-refractivity contribution in [3.05, 3.63) is 42.2 Å². The number of sulfonamides is 1. The molecule has 2 bridgehead atoms. The van der Waals surface area contributed by atoms with E-state index in [1.54, 1.807) is 27.4 Å². The summed E-state index contributed by atoms with van der Waals surface area (Å²) < 4.78 is 30.5. The average molecular weight is 375 g/mol. The van der Waals surface area contributed by atoms with Gasteiger partial charge in [0.2, 0.25) is 10.0 Å². The lowest BCUT2D eigenvalue weighted by Gasteiger charge is -2.34. The molecule has 1 N–H and O–H groups in total. The molecule has 0 unspecified atom stereocenters. The number of benzene rings is 1. The second-order valence-corrected chi connectivity index (χ2v) is 9.37. The maximum atomic E-state index is 13.6. The number of aliphatic hydroxyl groups is 1. The summed E-state index contributed by atoms with van der Waals surface area (Å²) in [5.41, 5.74) is 1.16. The summed E-state index contributed by atoms with van der Waals surface area (Å²) in [6, 6.07) is 7.11. The molecule has 7 heteroatoms. The van der Waals surface area contributed by atoms with Crippen LogP contribution in [0.5, 0.6) is 0 Å². The molecule has 2 fully saturated rings. The Balaban J connectivity index is 1.78. The Bertz CT molecular complexity index is 904. The molecular weight excluding hydrogens is 350 g/mol. The summed E-state index contributed by atoms with van der Waals surface area (Å²) in [7, 11) is -3.63. The minimum absolute atomic E-state index is 0.00939. The molecule has 1 aromatic carbocycles. The van der Waals surface area contributed by atoms with Crippen molar-refractivity contribution < 1.29 is 13.5 Å². The van der Waals surface area contributed by atoms with Gasteiger partial charge in [0.25, 0.3) is 0 Å². The SMILES string of the molecule is CC[C@@]1(CO)C[C@@H]2CC[C@H]1N2S(=O)(=O)c1cc(-n2cccn2)ccc1C. The van der Waals surface area contributed by atoms with Crippen LogP contribution in [0.3, 0.4) is 0 Å². The third-order valence-electron chi connectivity index (χ3n) is 6.30. The standard InChI is InChI=1S/C19H25N3O3S/c1-3-19(13-23)12-16-7-8-18(19)22(16)26(24,25)17-11-15(6-5-14(17)2)21-10-4-9-20-21/h4-6,9-11,16,18,23H,3,7-8,12-13H2,1-2H3/t16-,18+,19-/m0/s1. The highest BCUT2D eigenvalue weighted by molar-refractivity contribution is 7.89.